The Kier molecular flexibility index (Phi) is 19.4. The van der Waals surface area contributed by atoms with Crippen molar-refractivity contribution in [1.82, 2.24) is 35.1 Å². The summed E-state index contributed by atoms with van der Waals surface area (Å²) in [7, 11) is 7.60. The number of likely N-dealkylation sites (N-methyl/N-ethyl adjacent to an activating group) is 2. The maximum absolute atomic E-state index is 13.8. The summed E-state index contributed by atoms with van der Waals surface area (Å²) in [4.78, 5) is 65.4. The van der Waals surface area contributed by atoms with Crippen LogP contribution >= 0.6 is 23.2 Å². The van der Waals surface area contributed by atoms with E-state index in [9.17, 15) is 45.5 Å². The van der Waals surface area contributed by atoms with Crippen molar-refractivity contribution in [2.75, 3.05) is 41.3 Å². The van der Waals surface area contributed by atoms with Gasteiger partial charge in [-0.05, 0) is 114 Å². The number of alkyl halides is 6. The van der Waals surface area contributed by atoms with Crippen LogP contribution in [0.5, 0.6) is 0 Å². The molecule has 2 fully saturated rings. The van der Waals surface area contributed by atoms with E-state index >= 15 is 0 Å². The summed E-state index contributed by atoms with van der Waals surface area (Å²) in [5.41, 5.74) is 14.7. The largest absolute Gasteiger partial charge is 0.481 e. The van der Waals surface area contributed by atoms with E-state index in [2.05, 4.69) is 30.2 Å². The van der Waals surface area contributed by atoms with Gasteiger partial charge in [-0.1, -0.05) is 35.3 Å². The highest BCUT2D eigenvalue weighted by Crippen LogP contribution is 2.66. The van der Waals surface area contributed by atoms with Crippen molar-refractivity contribution >= 4 is 46.9 Å². The zero-order valence-corrected chi connectivity index (χ0v) is 39.8. The number of hydrogen-bond acceptors (Lipinski definition) is 11. The van der Waals surface area contributed by atoms with Crippen molar-refractivity contribution in [3.63, 3.8) is 0 Å². The summed E-state index contributed by atoms with van der Waals surface area (Å²) < 4.78 is 80.6. The quantitative estimate of drug-likeness (QED) is 0.0627. The molecule has 3 amide bonds. The summed E-state index contributed by atoms with van der Waals surface area (Å²) in [6.45, 7) is 0.752. The van der Waals surface area contributed by atoms with Gasteiger partial charge in [-0.2, -0.15) is 26.3 Å². The van der Waals surface area contributed by atoms with Gasteiger partial charge in [0.05, 0.1) is 17.3 Å². The van der Waals surface area contributed by atoms with Crippen LogP contribution < -0.4 is 22.5 Å². The van der Waals surface area contributed by atoms with Crippen LogP contribution in [-0.2, 0) is 22.4 Å². The Morgan fingerprint density at radius 3 is 1.36 bits per heavy atom. The topological polar surface area (TPSA) is 237 Å². The van der Waals surface area contributed by atoms with Gasteiger partial charge in [0.25, 0.3) is 0 Å². The van der Waals surface area contributed by atoms with Crippen molar-refractivity contribution < 1.29 is 50.6 Å². The average Bonchev–Trinajstić information content (AvgIpc) is 4.22. The Morgan fingerprint density at radius 2 is 1.06 bits per heavy atom. The number of carbonyl (C=O) groups excluding carboxylic acids is 3. The molecule has 2 aromatic carbocycles. The lowest BCUT2D eigenvalue weighted by Crippen LogP contribution is -2.43. The van der Waals surface area contributed by atoms with Gasteiger partial charge in [0.1, 0.15) is 11.6 Å². The molecule has 4 atom stereocenters. The van der Waals surface area contributed by atoms with Crippen LogP contribution in [0.4, 0.5) is 26.3 Å². The minimum absolute atomic E-state index is 0.0259. The molecule has 2 aliphatic rings. The van der Waals surface area contributed by atoms with E-state index in [1.807, 2.05) is 39.2 Å². The first-order valence-corrected chi connectivity index (χ1v) is 22.4. The second kappa shape index (κ2) is 23.9. The molecule has 0 bridgehead atoms. The Labute approximate surface area is 405 Å². The van der Waals surface area contributed by atoms with E-state index in [1.165, 1.54) is 43.0 Å². The Hall–Kier alpha value is -5.48. The van der Waals surface area contributed by atoms with Gasteiger partial charge >= 0.3 is 18.3 Å². The van der Waals surface area contributed by atoms with Crippen molar-refractivity contribution in [3.8, 4) is 0 Å². The molecule has 15 nitrogen and oxygen atoms in total. The molecule has 2 aliphatic carbocycles. The molecular weight excluding hydrogens is 957 g/mol. The zero-order chi connectivity index (χ0) is 51.5. The number of carboxylic acid groups (broad SMARTS) is 1. The Balaban J connectivity index is 0.000000249. The average molecular weight is 1010 g/mol. The van der Waals surface area contributed by atoms with Crippen LogP contribution in [0.1, 0.15) is 93.9 Å². The van der Waals surface area contributed by atoms with Crippen molar-refractivity contribution in [1.29, 1.82) is 0 Å². The highest BCUT2D eigenvalue weighted by atomic mass is 35.5. The predicted octanol–water partition coefficient (Wildman–Crippen LogP) is 6.58. The Bertz CT molecular complexity index is 2370. The highest BCUT2D eigenvalue weighted by Gasteiger charge is 2.69. The Morgan fingerprint density at radius 1 is 0.681 bits per heavy atom. The van der Waals surface area contributed by atoms with Gasteiger partial charge in [0.2, 0.25) is 17.7 Å². The molecule has 0 aliphatic heterocycles. The second-order valence-corrected chi connectivity index (χ2v) is 18.3. The summed E-state index contributed by atoms with van der Waals surface area (Å²) in [5.74, 6) is -5.22. The van der Waals surface area contributed by atoms with Gasteiger partial charge in [0.15, 0.2) is 0 Å². The number of carboxylic acids is 1. The van der Waals surface area contributed by atoms with Crippen LogP contribution in [0.25, 0.3) is 0 Å². The number of halogens is 8. The highest BCUT2D eigenvalue weighted by molar-refractivity contribution is 6.32. The maximum Gasteiger partial charge on any atom is 0.395 e. The standard InChI is InChI=1S/C23H27ClF3N5O2.C12H18ClN3O.C11H11F3N2O2/c1-32(2)16(10-14-4-5-15(20(28)34)11-18(14)24)13-31-19(33)12-17(21-29-8-3-9-30-21)22(6-7-22)23(25,26)27;1-16(2)10(7-14)5-8-3-4-9(12(15)17)6-11(8)13;12-11(13,14)10(2-3-10)7(6-8(17)18)9-15-4-1-5-16-9/h3-5,8-9,11,16-17H,6-7,10,12-13H2,1-2H3,(H2,28,34)(H,31,33);3-4,6,10H,5,7,14H2,1-2H3,(H2,15,17);1,4-5,7H,2-3,6H2,(H,17,18)/t16-,17?;10-;7-/m001/s1. The summed E-state index contributed by atoms with van der Waals surface area (Å²) in [5, 5.41) is 12.5. The number of nitrogens with two attached hydrogens (primary N) is 3. The first-order chi connectivity index (χ1) is 32.3. The summed E-state index contributed by atoms with van der Waals surface area (Å²) in [6.07, 6.45) is -3.45. The molecule has 23 heteroatoms. The van der Waals surface area contributed by atoms with Crippen molar-refractivity contribution in [2.45, 2.75) is 87.6 Å². The number of primary amides is 2. The van der Waals surface area contributed by atoms with E-state index in [1.54, 1.807) is 24.3 Å². The fourth-order valence-corrected chi connectivity index (χ4v) is 8.31. The van der Waals surface area contributed by atoms with Crippen LogP contribution in [0.15, 0.2) is 73.3 Å². The molecule has 0 spiro atoms. The van der Waals surface area contributed by atoms with E-state index in [-0.39, 0.29) is 67.9 Å². The monoisotopic (exact) mass is 1010 g/mol. The third-order valence-electron chi connectivity index (χ3n) is 12.5. The molecule has 8 N–H and O–H groups in total. The summed E-state index contributed by atoms with van der Waals surface area (Å²) >= 11 is 12.4. The molecule has 0 radical (unpaired) electrons. The van der Waals surface area contributed by atoms with Gasteiger partial charge in [0, 0.05) is 89.4 Å². The van der Waals surface area contributed by atoms with Gasteiger partial charge in [-0.15, -0.1) is 0 Å². The molecule has 2 saturated carbocycles. The number of benzene rings is 2. The normalized spacial score (nSPS) is 16.4. The summed E-state index contributed by atoms with van der Waals surface area (Å²) in [6, 6.07) is 12.9. The lowest BCUT2D eigenvalue weighted by molar-refractivity contribution is -0.196. The molecule has 69 heavy (non-hydrogen) atoms. The van der Waals surface area contributed by atoms with Crippen LogP contribution in [0.3, 0.4) is 0 Å². The molecule has 1 unspecified atom stereocenters. The van der Waals surface area contributed by atoms with Crippen molar-refractivity contribution in [2.24, 2.45) is 28.0 Å². The third kappa shape index (κ3) is 15.0. The number of amides is 3. The third-order valence-corrected chi connectivity index (χ3v) is 13.2. The number of aromatic nitrogens is 4. The van der Waals surface area contributed by atoms with Crippen LogP contribution in [-0.4, -0.2) is 124 Å². The predicted molar refractivity (Wildman–Crippen MR) is 246 cm³/mol. The number of aliphatic carboxylic acids is 1. The smallest absolute Gasteiger partial charge is 0.395 e. The first-order valence-electron chi connectivity index (χ1n) is 21.6. The number of hydrogen-bond donors (Lipinski definition) is 5. The fourth-order valence-electron chi connectivity index (χ4n) is 7.79. The number of nitrogens with zero attached hydrogens (tertiary/aromatic N) is 6. The minimum atomic E-state index is -4.45. The number of carbonyl (C=O) groups is 4. The molecule has 4 aromatic rings. The van der Waals surface area contributed by atoms with Crippen LogP contribution in [0, 0.1) is 10.8 Å². The number of nitrogens with one attached hydrogen (secondary N) is 1. The minimum Gasteiger partial charge on any atom is -0.481 e. The van der Waals surface area contributed by atoms with E-state index in [0.29, 0.717) is 28.6 Å². The number of rotatable bonds is 19. The van der Waals surface area contributed by atoms with E-state index < -0.39 is 65.1 Å². The molecule has 2 aromatic heterocycles. The second-order valence-electron chi connectivity index (χ2n) is 17.5. The lowest BCUT2D eigenvalue weighted by Gasteiger charge is -2.29. The van der Waals surface area contributed by atoms with Gasteiger partial charge < -0.3 is 37.4 Å². The zero-order valence-electron chi connectivity index (χ0n) is 38.3. The first kappa shape index (κ1) is 56.1. The van der Waals surface area contributed by atoms with Crippen molar-refractivity contribution in [3.05, 3.63) is 117 Å². The molecule has 2 heterocycles. The molecule has 376 valence electrons. The molecule has 0 saturated heterocycles. The molecular formula is C46H56Cl2F6N10O5. The van der Waals surface area contributed by atoms with Gasteiger partial charge in [-0.25, -0.2) is 19.9 Å². The maximum atomic E-state index is 13.8. The SMILES string of the molecule is CN(C)[C@H](CN)Cc1ccc(C(N)=O)cc1Cl.CN(C)[C@H](CNC(=O)CC(c1ncccn1)C1(C(F)(F)F)CC1)Cc1ccc(C(N)=O)cc1Cl.O=C(O)C[C@H](c1ncccn1)C1(C(F)(F)F)CC1. The fraction of sp³-hybridized carbons (Fsp3) is 0.478. The van der Waals surface area contributed by atoms with Crippen LogP contribution in [0.2, 0.25) is 10.0 Å². The van der Waals surface area contributed by atoms with E-state index in [4.69, 9.17) is 45.5 Å². The van der Waals surface area contributed by atoms with Gasteiger partial charge in [-0.3, -0.25) is 19.2 Å². The van der Waals surface area contributed by atoms with E-state index in [0.717, 1.165) is 17.5 Å². The molecule has 6 rings (SSSR count). The lowest BCUT2D eigenvalue weighted by atomic mass is 9.84.